The van der Waals surface area contributed by atoms with E-state index in [1.54, 1.807) is 34.6 Å². The minimum atomic E-state index is -0.554. The highest BCUT2D eigenvalue weighted by atomic mass is 16.5. The lowest BCUT2D eigenvalue weighted by atomic mass is 10.0. The largest absolute Gasteiger partial charge is 0.348 e. The van der Waals surface area contributed by atoms with Gasteiger partial charge in [-0.2, -0.15) is 0 Å². The smallest absolute Gasteiger partial charge is 0.274 e. The monoisotopic (exact) mass is 279 g/mol. The minimum absolute atomic E-state index is 0.0426. The predicted octanol–water partition coefficient (Wildman–Crippen LogP) is 0.934. The average Bonchev–Trinajstić information content (AvgIpc) is 2.43. The molecule has 6 heteroatoms. The SMILES string of the molecule is CC[C@H](NC(=O)CN(C)C)c1ccc(C(=O)NO)cc1. The number of hydrogen-bond acceptors (Lipinski definition) is 4. The molecule has 1 rings (SSSR count). The van der Waals surface area contributed by atoms with Gasteiger partial charge < -0.3 is 10.2 Å². The molecule has 0 saturated heterocycles. The first-order chi connectivity index (χ1) is 9.47. The Morgan fingerprint density at radius 2 is 1.85 bits per heavy atom. The number of benzene rings is 1. The first-order valence-corrected chi connectivity index (χ1v) is 6.46. The third kappa shape index (κ3) is 4.64. The van der Waals surface area contributed by atoms with Crippen molar-refractivity contribution in [2.75, 3.05) is 20.6 Å². The van der Waals surface area contributed by atoms with Crippen molar-refractivity contribution in [2.24, 2.45) is 0 Å². The molecule has 20 heavy (non-hydrogen) atoms. The molecule has 1 atom stereocenters. The Labute approximate surface area is 118 Å². The Morgan fingerprint density at radius 1 is 1.25 bits per heavy atom. The molecule has 110 valence electrons. The standard InChI is InChI=1S/C14H21N3O3/c1-4-12(15-13(18)9-17(2)3)10-5-7-11(8-6-10)14(19)16-20/h5-8,12,20H,4,9H2,1-3H3,(H,15,18)(H,16,19)/t12-/m0/s1. The van der Waals surface area contributed by atoms with Crippen LogP contribution in [-0.4, -0.2) is 42.6 Å². The molecular weight excluding hydrogens is 258 g/mol. The van der Waals surface area contributed by atoms with E-state index < -0.39 is 5.91 Å². The maximum absolute atomic E-state index is 11.8. The molecule has 0 aliphatic carbocycles. The minimum Gasteiger partial charge on any atom is -0.348 e. The van der Waals surface area contributed by atoms with Gasteiger partial charge in [-0.25, -0.2) is 5.48 Å². The van der Waals surface area contributed by atoms with Crippen LogP contribution < -0.4 is 10.8 Å². The summed E-state index contributed by atoms with van der Waals surface area (Å²) in [4.78, 5) is 24.8. The van der Waals surface area contributed by atoms with Crippen LogP contribution in [0, 0.1) is 0 Å². The van der Waals surface area contributed by atoms with Gasteiger partial charge in [0.25, 0.3) is 5.91 Å². The average molecular weight is 279 g/mol. The van der Waals surface area contributed by atoms with E-state index in [0.717, 1.165) is 12.0 Å². The van der Waals surface area contributed by atoms with Crippen LogP contribution in [0.15, 0.2) is 24.3 Å². The molecule has 1 aromatic carbocycles. The van der Waals surface area contributed by atoms with E-state index >= 15 is 0 Å². The van der Waals surface area contributed by atoms with Crippen LogP contribution in [0.5, 0.6) is 0 Å². The lowest BCUT2D eigenvalue weighted by Gasteiger charge is -2.19. The topological polar surface area (TPSA) is 81.7 Å². The number of carbonyl (C=O) groups is 2. The van der Waals surface area contributed by atoms with E-state index in [9.17, 15) is 9.59 Å². The molecule has 0 aliphatic heterocycles. The van der Waals surface area contributed by atoms with E-state index in [1.165, 1.54) is 0 Å². The van der Waals surface area contributed by atoms with Crippen LogP contribution in [0.4, 0.5) is 0 Å². The van der Waals surface area contributed by atoms with E-state index in [0.29, 0.717) is 12.1 Å². The van der Waals surface area contributed by atoms with Crippen LogP contribution in [-0.2, 0) is 4.79 Å². The number of hydrogen-bond donors (Lipinski definition) is 3. The zero-order valence-electron chi connectivity index (χ0n) is 12.0. The van der Waals surface area contributed by atoms with Crippen LogP contribution in [0.1, 0.15) is 35.3 Å². The van der Waals surface area contributed by atoms with Gasteiger partial charge in [0, 0.05) is 5.56 Å². The molecule has 3 N–H and O–H groups in total. The first-order valence-electron chi connectivity index (χ1n) is 6.46. The Bertz CT molecular complexity index is 457. The van der Waals surface area contributed by atoms with Gasteiger partial charge in [-0.05, 0) is 38.2 Å². The Kier molecular flexibility index (Phi) is 6.14. The van der Waals surface area contributed by atoms with Gasteiger partial charge in [-0.1, -0.05) is 19.1 Å². The highest BCUT2D eigenvalue weighted by Gasteiger charge is 2.14. The second-order valence-electron chi connectivity index (χ2n) is 4.83. The van der Waals surface area contributed by atoms with Crippen LogP contribution in [0.2, 0.25) is 0 Å². The number of hydroxylamine groups is 1. The zero-order chi connectivity index (χ0) is 15.1. The van der Waals surface area contributed by atoms with Crippen molar-refractivity contribution in [3.63, 3.8) is 0 Å². The summed E-state index contributed by atoms with van der Waals surface area (Å²) in [5.74, 6) is -0.597. The van der Waals surface area contributed by atoms with Gasteiger partial charge in [-0.3, -0.25) is 14.8 Å². The number of carbonyl (C=O) groups excluding carboxylic acids is 2. The fraction of sp³-hybridized carbons (Fsp3) is 0.429. The molecule has 0 bridgehead atoms. The molecule has 0 heterocycles. The number of amides is 2. The molecular formula is C14H21N3O3. The molecule has 0 fully saturated rings. The Balaban J connectivity index is 2.75. The van der Waals surface area contributed by atoms with Crippen molar-refractivity contribution in [1.29, 1.82) is 0 Å². The van der Waals surface area contributed by atoms with E-state index in [1.807, 2.05) is 21.0 Å². The molecule has 0 radical (unpaired) electrons. The quantitative estimate of drug-likeness (QED) is 0.534. The van der Waals surface area contributed by atoms with Crippen molar-refractivity contribution < 1.29 is 14.8 Å². The Morgan fingerprint density at radius 3 is 2.30 bits per heavy atom. The molecule has 0 aromatic heterocycles. The highest BCUT2D eigenvalue weighted by molar-refractivity contribution is 5.93. The first kappa shape index (κ1) is 16.1. The highest BCUT2D eigenvalue weighted by Crippen LogP contribution is 2.17. The van der Waals surface area contributed by atoms with E-state index in [2.05, 4.69) is 5.32 Å². The zero-order valence-corrected chi connectivity index (χ0v) is 12.0. The molecule has 0 unspecified atom stereocenters. The molecule has 2 amide bonds. The van der Waals surface area contributed by atoms with E-state index in [4.69, 9.17) is 5.21 Å². The van der Waals surface area contributed by atoms with Gasteiger partial charge >= 0.3 is 0 Å². The summed E-state index contributed by atoms with van der Waals surface area (Å²) in [6, 6.07) is 6.68. The number of rotatable bonds is 6. The fourth-order valence-electron chi connectivity index (χ4n) is 1.88. The predicted molar refractivity (Wildman–Crippen MR) is 75.4 cm³/mol. The second-order valence-corrected chi connectivity index (χ2v) is 4.83. The third-order valence-electron chi connectivity index (χ3n) is 2.88. The van der Waals surface area contributed by atoms with Crippen LogP contribution in [0.3, 0.4) is 0 Å². The molecule has 6 nitrogen and oxygen atoms in total. The normalized spacial score (nSPS) is 12.1. The summed E-state index contributed by atoms with van der Waals surface area (Å²) in [6.45, 7) is 2.32. The third-order valence-corrected chi connectivity index (χ3v) is 2.88. The van der Waals surface area contributed by atoms with Gasteiger partial charge in [-0.15, -0.1) is 0 Å². The van der Waals surface area contributed by atoms with Crippen molar-refractivity contribution in [1.82, 2.24) is 15.7 Å². The molecule has 1 aromatic rings. The molecule has 0 saturated carbocycles. The van der Waals surface area contributed by atoms with Crippen molar-refractivity contribution in [3.8, 4) is 0 Å². The fourth-order valence-corrected chi connectivity index (χ4v) is 1.88. The van der Waals surface area contributed by atoms with Crippen molar-refractivity contribution in [2.45, 2.75) is 19.4 Å². The lowest BCUT2D eigenvalue weighted by molar-refractivity contribution is -0.122. The lowest BCUT2D eigenvalue weighted by Crippen LogP contribution is -2.35. The van der Waals surface area contributed by atoms with E-state index in [-0.39, 0.29) is 11.9 Å². The maximum atomic E-state index is 11.8. The van der Waals surface area contributed by atoms with Crippen LogP contribution >= 0.6 is 0 Å². The Hall–Kier alpha value is -1.92. The second kappa shape index (κ2) is 7.62. The summed E-state index contributed by atoms with van der Waals surface area (Å²) in [5, 5.41) is 11.5. The number of nitrogens with zero attached hydrogens (tertiary/aromatic N) is 1. The van der Waals surface area contributed by atoms with Crippen molar-refractivity contribution >= 4 is 11.8 Å². The van der Waals surface area contributed by atoms with Gasteiger partial charge in [0.2, 0.25) is 5.91 Å². The summed E-state index contributed by atoms with van der Waals surface area (Å²) in [7, 11) is 3.67. The van der Waals surface area contributed by atoms with Crippen LogP contribution in [0.25, 0.3) is 0 Å². The number of likely N-dealkylation sites (N-methyl/N-ethyl adjacent to an activating group) is 1. The maximum Gasteiger partial charge on any atom is 0.274 e. The van der Waals surface area contributed by atoms with Crippen molar-refractivity contribution in [3.05, 3.63) is 35.4 Å². The molecule has 0 aliphatic rings. The molecule has 0 spiro atoms. The summed E-state index contributed by atoms with van der Waals surface area (Å²) in [6.07, 6.45) is 0.755. The van der Waals surface area contributed by atoms with Gasteiger partial charge in [0.1, 0.15) is 0 Å². The summed E-state index contributed by atoms with van der Waals surface area (Å²) < 4.78 is 0. The number of nitrogens with one attached hydrogen (secondary N) is 2. The summed E-state index contributed by atoms with van der Waals surface area (Å²) in [5.41, 5.74) is 2.88. The summed E-state index contributed by atoms with van der Waals surface area (Å²) >= 11 is 0. The van der Waals surface area contributed by atoms with Gasteiger partial charge in [0.05, 0.1) is 12.6 Å². The van der Waals surface area contributed by atoms with Gasteiger partial charge in [0.15, 0.2) is 0 Å².